The van der Waals surface area contributed by atoms with E-state index in [0.29, 0.717) is 16.8 Å². The fraction of sp³-hybridized carbons (Fsp3) is 0.0435. The van der Waals surface area contributed by atoms with Gasteiger partial charge in [-0.25, -0.2) is 0 Å². The molecule has 4 rings (SSSR count). The third-order valence-electron chi connectivity index (χ3n) is 4.73. The van der Waals surface area contributed by atoms with E-state index >= 15 is 0 Å². The first-order valence-corrected chi connectivity index (χ1v) is 8.78. The number of aromatic hydroxyl groups is 1. The van der Waals surface area contributed by atoms with Gasteiger partial charge in [0.2, 0.25) is 0 Å². The molecule has 1 heterocycles. The maximum atomic E-state index is 12.9. The van der Waals surface area contributed by atoms with Crippen molar-refractivity contribution in [3.05, 3.63) is 102 Å². The van der Waals surface area contributed by atoms with Crippen LogP contribution in [0.4, 0.5) is 5.69 Å². The Labute approximate surface area is 161 Å². The van der Waals surface area contributed by atoms with Crippen molar-refractivity contribution in [3.63, 3.8) is 0 Å². The lowest BCUT2D eigenvalue weighted by atomic mass is 9.95. The monoisotopic (exact) mass is 371 g/mol. The summed E-state index contributed by atoms with van der Waals surface area (Å²) in [6.45, 7) is 0. The number of rotatable bonds is 3. The quantitative estimate of drug-likeness (QED) is 0.414. The first kappa shape index (κ1) is 17.5. The van der Waals surface area contributed by atoms with Crippen molar-refractivity contribution < 1.29 is 19.8 Å². The third-order valence-corrected chi connectivity index (χ3v) is 4.73. The van der Waals surface area contributed by atoms with E-state index in [2.05, 4.69) is 0 Å². The van der Waals surface area contributed by atoms with Crippen LogP contribution in [-0.2, 0) is 9.59 Å². The van der Waals surface area contributed by atoms with E-state index < -0.39 is 17.7 Å². The van der Waals surface area contributed by atoms with Crippen LogP contribution in [-0.4, -0.2) is 21.9 Å². The summed E-state index contributed by atoms with van der Waals surface area (Å²) < 4.78 is 0. The minimum absolute atomic E-state index is 0.0375. The van der Waals surface area contributed by atoms with E-state index in [-0.39, 0.29) is 17.1 Å². The van der Waals surface area contributed by atoms with Crippen molar-refractivity contribution in [2.75, 3.05) is 4.90 Å². The number of amides is 1. The molecule has 1 saturated heterocycles. The Kier molecular flexibility index (Phi) is 4.41. The SMILES string of the molecule is O=C1C(=O)N(c2ccc(O)cc2)[C@H](c2ccccc2)/C1=C(/O)c1ccccc1. The van der Waals surface area contributed by atoms with Gasteiger partial charge in [-0.1, -0.05) is 60.7 Å². The van der Waals surface area contributed by atoms with Crippen LogP contribution in [0.5, 0.6) is 5.75 Å². The molecule has 0 spiro atoms. The number of hydrogen-bond donors (Lipinski definition) is 2. The Morgan fingerprint density at radius 1 is 0.786 bits per heavy atom. The van der Waals surface area contributed by atoms with Crippen molar-refractivity contribution in [3.8, 4) is 5.75 Å². The smallest absolute Gasteiger partial charge is 0.300 e. The average Bonchev–Trinajstić information content (AvgIpc) is 3.00. The molecule has 0 aromatic heterocycles. The van der Waals surface area contributed by atoms with Crippen LogP contribution in [0.15, 0.2) is 90.5 Å². The summed E-state index contributed by atoms with van der Waals surface area (Å²) in [6.07, 6.45) is 0. The van der Waals surface area contributed by atoms with Crippen LogP contribution in [0.2, 0.25) is 0 Å². The summed E-state index contributed by atoms with van der Waals surface area (Å²) in [4.78, 5) is 27.1. The molecule has 0 aliphatic carbocycles. The topological polar surface area (TPSA) is 77.8 Å². The van der Waals surface area contributed by atoms with E-state index in [1.807, 2.05) is 30.3 Å². The van der Waals surface area contributed by atoms with E-state index in [9.17, 15) is 19.8 Å². The number of Topliss-reactive ketones (excluding diaryl/α,β-unsaturated/α-hetero) is 1. The lowest BCUT2D eigenvalue weighted by Gasteiger charge is -2.25. The van der Waals surface area contributed by atoms with Gasteiger partial charge in [-0.05, 0) is 29.8 Å². The third kappa shape index (κ3) is 2.93. The maximum Gasteiger partial charge on any atom is 0.300 e. The standard InChI is InChI=1S/C23H17NO4/c25-18-13-11-17(12-14-18)24-20(15-7-3-1-4-8-15)19(22(27)23(24)28)21(26)16-9-5-2-6-10-16/h1-14,20,25-26H/b21-19-/t20-/m1/s1. The lowest BCUT2D eigenvalue weighted by molar-refractivity contribution is -0.132. The molecule has 138 valence electrons. The number of benzene rings is 3. The molecule has 0 unspecified atom stereocenters. The van der Waals surface area contributed by atoms with Crippen LogP contribution >= 0.6 is 0 Å². The summed E-state index contributed by atoms with van der Waals surface area (Å²) in [5.41, 5.74) is 1.66. The molecule has 3 aromatic rings. The summed E-state index contributed by atoms with van der Waals surface area (Å²) in [5, 5.41) is 20.5. The predicted octanol–water partition coefficient (Wildman–Crippen LogP) is 4.02. The van der Waals surface area contributed by atoms with Gasteiger partial charge in [0.25, 0.3) is 11.7 Å². The molecule has 1 aliphatic rings. The molecule has 1 amide bonds. The summed E-state index contributed by atoms with van der Waals surface area (Å²) in [7, 11) is 0. The average molecular weight is 371 g/mol. The molecule has 0 radical (unpaired) electrons. The van der Waals surface area contributed by atoms with Gasteiger partial charge < -0.3 is 10.2 Å². The van der Waals surface area contributed by atoms with Crippen molar-refractivity contribution >= 4 is 23.1 Å². The number of carbonyl (C=O) groups excluding carboxylic acids is 2. The largest absolute Gasteiger partial charge is 0.508 e. The minimum atomic E-state index is -0.772. The van der Waals surface area contributed by atoms with Gasteiger partial charge in [0.15, 0.2) is 0 Å². The molecule has 2 N–H and O–H groups in total. The number of nitrogens with zero attached hydrogens (tertiary/aromatic N) is 1. The van der Waals surface area contributed by atoms with Gasteiger partial charge in [-0.3, -0.25) is 14.5 Å². The molecule has 5 heteroatoms. The molecule has 1 atom stereocenters. The Hall–Kier alpha value is -3.86. The van der Waals surface area contributed by atoms with Gasteiger partial charge in [-0.15, -0.1) is 0 Å². The first-order valence-electron chi connectivity index (χ1n) is 8.78. The van der Waals surface area contributed by atoms with Crippen LogP contribution in [0.25, 0.3) is 5.76 Å². The van der Waals surface area contributed by atoms with Crippen molar-refractivity contribution in [2.24, 2.45) is 0 Å². The Morgan fingerprint density at radius 3 is 1.96 bits per heavy atom. The Balaban J connectivity index is 1.94. The highest BCUT2D eigenvalue weighted by Gasteiger charge is 2.46. The summed E-state index contributed by atoms with van der Waals surface area (Å²) in [6, 6.07) is 23.0. The van der Waals surface area contributed by atoms with Crippen molar-refractivity contribution in [1.29, 1.82) is 0 Å². The number of aliphatic hydroxyl groups excluding tert-OH is 1. The number of anilines is 1. The summed E-state index contributed by atoms with van der Waals surface area (Å²) in [5.74, 6) is -1.63. The molecule has 0 saturated carbocycles. The van der Waals surface area contributed by atoms with Crippen LogP contribution in [0.1, 0.15) is 17.2 Å². The molecule has 1 aliphatic heterocycles. The molecule has 3 aromatic carbocycles. The van der Waals surface area contributed by atoms with Crippen molar-refractivity contribution in [2.45, 2.75) is 6.04 Å². The Bertz CT molecular complexity index is 1060. The minimum Gasteiger partial charge on any atom is -0.508 e. The molecular formula is C23H17NO4. The second-order valence-electron chi connectivity index (χ2n) is 6.46. The lowest BCUT2D eigenvalue weighted by Crippen LogP contribution is -2.29. The van der Waals surface area contributed by atoms with E-state index in [4.69, 9.17) is 0 Å². The van der Waals surface area contributed by atoms with E-state index in [1.54, 1.807) is 42.5 Å². The van der Waals surface area contributed by atoms with Crippen LogP contribution < -0.4 is 4.90 Å². The molecular weight excluding hydrogens is 354 g/mol. The summed E-state index contributed by atoms with van der Waals surface area (Å²) >= 11 is 0. The van der Waals surface area contributed by atoms with Crippen molar-refractivity contribution in [1.82, 2.24) is 0 Å². The van der Waals surface area contributed by atoms with Gasteiger partial charge in [0.05, 0.1) is 11.6 Å². The number of carbonyl (C=O) groups is 2. The number of ketones is 1. The first-order chi connectivity index (χ1) is 13.6. The van der Waals surface area contributed by atoms with E-state index in [0.717, 1.165) is 0 Å². The van der Waals surface area contributed by atoms with Gasteiger partial charge >= 0.3 is 0 Å². The highest BCUT2D eigenvalue weighted by molar-refractivity contribution is 6.51. The van der Waals surface area contributed by atoms with Crippen LogP contribution in [0, 0.1) is 0 Å². The second-order valence-corrected chi connectivity index (χ2v) is 6.46. The predicted molar refractivity (Wildman–Crippen MR) is 106 cm³/mol. The molecule has 28 heavy (non-hydrogen) atoms. The van der Waals surface area contributed by atoms with E-state index in [1.165, 1.54) is 17.0 Å². The zero-order valence-electron chi connectivity index (χ0n) is 14.8. The zero-order valence-corrected chi connectivity index (χ0v) is 14.8. The fourth-order valence-electron chi connectivity index (χ4n) is 3.41. The normalized spacial score (nSPS) is 18.4. The van der Waals surface area contributed by atoms with Gasteiger partial charge in [0, 0.05) is 11.3 Å². The number of hydrogen-bond acceptors (Lipinski definition) is 4. The molecule has 1 fully saturated rings. The van der Waals surface area contributed by atoms with Crippen LogP contribution in [0.3, 0.4) is 0 Å². The Morgan fingerprint density at radius 2 is 1.36 bits per heavy atom. The number of phenols is 1. The second kappa shape index (κ2) is 7.04. The number of phenolic OH excluding ortho intramolecular Hbond substituents is 1. The van der Waals surface area contributed by atoms with Gasteiger partial charge in [-0.2, -0.15) is 0 Å². The number of aliphatic hydroxyl groups is 1. The maximum absolute atomic E-state index is 12.9. The zero-order chi connectivity index (χ0) is 19.7. The molecule has 5 nitrogen and oxygen atoms in total. The van der Waals surface area contributed by atoms with Gasteiger partial charge in [0.1, 0.15) is 11.5 Å². The highest BCUT2D eigenvalue weighted by atomic mass is 16.3. The fourth-order valence-corrected chi connectivity index (χ4v) is 3.41. The molecule has 0 bridgehead atoms. The highest BCUT2D eigenvalue weighted by Crippen LogP contribution is 2.42.